The molecule has 0 aromatic heterocycles. The lowest BCUT2D eigenvalue weighted by Gasteiger charge is -2.18. The van der Waals surface area contributed by atoms with E-state index in [0.29, 0.717) is 0 Å². The van der Waals surface area contributed by atoms with Crippen LogP contribution in [0.5, 0.6) is 0 Å². The number of amides is 1. The van der Waals surface area contributed by atoms with E-state index in [4.69, 9.17) is 0 Å². The highest BCUT2D eigenvalue weighted by Crippen LogP contribution is 2.05. The van der Waals surface area contributed by atoms with Gasteiger partial charge in [0.15, 0.2) is 0 Å². The van der Waals surface area contributed by atoms with E-state index in [1.165, 1.54) is 5.56 Å². The van der Waals surface area contributed by atoms with Crippen LogP contribution in [0, 0.1) is 0 Å². The maximum Gasteiger partial charge on any atom is 0.235 e. The van der Waals surface area contributed by atoms with Crippen LogP contribution in [0.15, 0.2) is 30.3 Å². The maximum absolute atomic E-state index is 11.5. The van der Waals surface area contributed by atoms with Crippen molar-refractivity contribution in [3.8, 4) is 0 Å². The molecular formula is C12H16BrNO. The first-order chi connectivity index (χ1) is 7.11. The summed E-state index contributed by atoms with van der Waals surface area (Å²) in [6.45, 7) is 2.61. The Balaban J connectivity index is 2.41. The number of rotatable bonds is 4. The Hall–Kier alpha value is -0.830. The number of carbonyl (C=O) groups excluding carboxylic acids is 1. The van der Waals surface area contributed by atoms with Gasteiger partial charge in [0.25, 0.3) is 0 Å². The summed E-state index contributed by atoms with van der Waals surface area (Å²) in [4.78, 5) is 13.2. The van der Waals surface area contributed by atoms with E-state index < -0.39 is 0 Å². The highest BCUT2D eigenvalue weighted by molar-refractivity contribution is 9.10. The second-order valence-corrected chi connectivity index (χ2v) is 4.98. The summed E-state index contributed by atoms with van der Waals surface area (Å²) >= 11 is 3.28. The second-order valence-electron chi connectivity index (χ2n) is 3.61. The molecule has 0 N–H and O–H groups in total. The van der Waals surface area contributed by atoms with Gasteiger partial charge < -0.3 is 4.90 Å². The van der Waals surface area contributed by atoms with Gasteiger partial charge in [-0.3, -0.25) is 4.79 Å². The molecule has 1 amide bonds. The Labute approximate surface area is 99.4 Å². The number of carbonyl (C=O) groups is 1. The third kappa shape index (κ3) is 4.04. The zero-order valence-electron chi connectivity index (χ0n) is 9.11. The van der Waals surface area contributed by atoms with Crippen LogP contribution >= 0.6 is 15.9 Å². The molecule has 82 valence electrons. The molecule has 1 aromatic rings. The normalized spacial score (nSPS) is 12.2. The summed E-state index contributed by atoms with van der Waals surface area (Å²) in [5.74, 6) is 0.130. The van der Waals surface area contributed by atoms with Crippen LogP contribution in [-0.4, -0.2) is 29.2 Å². The highest BCUT2D eigenvalue weighted by atomic mass is 79.9. The Bertz CT molecular complexity index is 311. The summed E-state index contributed by atoms with van der Waals surface area (Å²) in [5.41, 5.74) is 1.26. The Morgan fingerprint density at radius 1 is 1.40 bits per heavy atom. The largest absolute Gasteiger partial charge is 0.344 e. The molecule has 1 unspecified atom stereocenters. The third-order valence-corrected chi connectivity index (χ3v) is 2.69. The first-order valence-electron chi connectivity index (χ1n) is 5.04. The van der Waals surface area contributed by atoms with Crippen molar-refractivity contribution in [1.29, 1.82) is 0 Å². The smallest absolute Gasteiger partial charge is 0.235 e. The number of hydrogen-bond acceptors (Lipinski definition) is 1. The lowest BCUT2D eigenvalue weighted by Crippen LogP contribution is -2.33. The molecule has 0 bridgehead atoms. The molecule has 0 spiro atoms. The van der Waals surface area contributed by atoms with E-state index in [1.807, 2.05) is 32.2 Å². The van der Waals surface area contributed by atoms with Crippen molar-refractivity contribution in [3.63, 3.8) is 0 Å². The number of benzene rings is 1. The number of hydrogen-bond donors (Lipinski definition) is 0. The number of likely N-dealkylation sites (N-methyl/N-ethyl adjacent to an activating group) is 1. The fourth-order valence-electron chi connectivity index (χ4n) is 1.36. The summed E-state index contributed by atoms with van der Waals surface area (Å²) in [6.07, 6.45) is 0.906. The minimum Gasteiger partial charge on any atom is -0.344 e. The van der Waals surface area contributed by atoms with Crippen LogP contribution in [0.3, 0.4) is 0 Å². The van der Waals surface area contributed by atoms with Gasteiger partial charge in [0.1, 0.15) is 0 Å². The zero-order chi connectivity index (χ0) is 11.3. The number of alkyl halides is 1. The third-order valence-electron chi connectivity index (χ3n) is 2.30. The molecule has 2 nitrogen and oxygen atoms in total. The van der Waals surface area contributed by atoms with Gasteiger partial charge in [-0.25, -0.2) is 0 Å². The SMILES string of the molecule is CC(Br)C(=O)N(C)CCc1ccccc1. The molecular weight excluding hydrogens is 254 g/mol. The molecule has 0 fully saturated rings. The van der Waals surface area contributed by atoms with Crippen molar-refractivity contribution >= 4 is 21.8 Å². The van der Waals surface area contributed by atoms with Crippen LogP contribution < -0.4 is 0 Å². The van der Waals surface area contributed by atoms with E-state index in [0.717, 1.165) is 13.0 Å². The molecule has 15 heavy (non-hydrogen) atoms. The minimum atomic E-state index is -0.0988. The Morgan fingerprint density at radius 2 is 2.00 bits per heavy atom. The standard InChI is InChI=1S/C12H16BrNO/c1-10(13)12(15)14(2)9-8-11-6-4-3-5-7-11/h3-7,10H,8-9H2,1-2H3. The quantitative estimate of drug-likeness (QED) is 0.770. The zero-order valence-corrected chi connectivity index (χ0v) is 10.7. The van der Waals surface area contributed by atoms with Crippen LogP contribution in [0.4, 0.5) is 0 Å². The van der Waals surface area contributed by atoms with Gasteiger partial charge in [-0.1, -0.05) is 46.3 Å². The molecule has 0 saturated heterocycles. The van der Waals surface area contributed by atoms with Crippen molar-refractivity contribution in [3.05, 3.63) is 35.9 Å². The van der Waals surface area contributed by atoms with Gasteiger partial charge in [-0.05, 0) is 18.9 Å². The lowest BCUT2D eigenvalue weighted by molar-refractivity contribution is -0.128. The molecule has 0 aliphatic rings. The molecule has 1 atom stereocenters. The highest BCUT2D eigenvalue weighted by Gasteiger charge is 2.13. The van der Waals surface area contributed by atoms with Crippen molar-refractivity contribution in [2.24, 2.45) is 0 Å². The van der Waals surface area contributed by atoms with E-state index >= 15 is 0 Å². The van der Waals surface area contributed by atoms with Crippen molar-refractivity contribution < 1.29 is 4.79 Å². The molecule has 0 heterocycles. The van der Waals surface area contributed by atoms with Crippen molar-refractivity contribution in [2.45, 2.75) is 18.2 Å². The fourth-order valence-corrected chi connectivity index (χ4v) is 1.70. The van der Waals surface area contributed by atoms with Crippen LogP contribution in [0.2, 0.25) is 0 Å². The first kappa shape index (κ1) is 12.2. The molecule has 0 saturated carbocycles. The van der Waals surface area contributed by atoms with Crippen molar-refractivity contribution in [2.75, 3.05) is 13.6 Å². The van der Waals surface area contributed by atoms with Gasteiger partial charge in [0.05, 0.1) is 4.83 Å². The van der Waals surface area contributed by atoms with Gasteiger partial charge in [-0.15, -0.1) is 0 Å². The molecule has 0 aliphatic carbocycles. The predicted molar refractivity (Wildman–Crippen MR) is 66.2 cm³/mol. The number of halogens is 1. The van der Waals surface area contributed by atoms with Gasteiger partial charge >= 0.3 is 0 Å². The van der Waals surface area contributed by atoms with E-state index in [-0.39, 0.29) is 10.7 Å². The monoisotopic (exact) mass is 269 g/mol. The second kappa shape index (κ2) is 5.91. The summed E-state index contributed by atoms with van der Waals surface area (Å²) in [5, 5.41) is 0. The molecule has 1 rings (SSSR count). The fraction of sp³-hybridized carbons (Fsp3) is 0.417. The minimum absolute atomic E-state index is 0.0988. The van der Waals surface area contributed by atoms with E-state index in [1.54, 1.807) is 4.90 Å². The predicted octanol–water partition coefficient (Wildman–Crippen LogP) is 2.47. The van der Waals surface area contributed by atoms with Crippen LogP contribution in [0.25, 0.3) is 0 Å². The average molecular weight is 270 g/mol. The van der Waals surface area contributed by atoms with Crippen molar-refractivity contribution in [1.82, 2.24) is 4.90 Å². The average Bonchev–Trinajstić information content (AvgIpc) is 2.26. The summed E-state index contributed by atoms with van der Waals surface area (Å²) in [6, 6.07) is 10.2. The van der Waals surface area contributed by atoms with E-state index in [2.05, 4.69) is 28.1 Å². The number of nitrogens with zero attached hydrogens (tertiary/aromatic N) is 1. The Morgan fingerprint density at radius 3 is 2.53 bits per heavy atom. The summed E-state index contributed by atoms with van der Waals surface area (Å²) in [7, 11) is 1.84. The molecule has 0 aliphatic heterocycles. The molecule has 1 aromatic carbocycles. The first-order valence-corrected chi connectivity index (χ1v) is 5.96. The molecule has 3 heteroatoms. The maximum atomic E-state index is 11.5. The molecule has 0 radical (unpaired) electrons. The summed E-state index contributed by atoms with van der Waals surface area (Å²) < 4.78 is 0. The van der Waals surface area contributed by atoms with Crippen LogP contribution in [-0.2, 0) is 11.2 Å². The van der Waals surface area contributed by atoms with Gasteiger partial charge in [0.2, 0.25) is 5.91 Å². The van der Waals surface area contributed by atoms with Gasteiger partial charge in [-0.2, -0.15) is 0 Å². The topological polar surface area (TPSA) is 20.3 Å². The Kier molecular flexibility index (Phi) is 4.82. The van der Waals surface area contributed by atoms with E-state index in [9.17, 15) is 4.79 Å². The lowest BCUT2D eigenvalue weighted by atomic mass is 10.1. The van der Waals surface area contributed by atoms with Gasteiger partial charge in [0, 0.05) is 13.6 Å². The van der Waals surface area contributed by atoms with Crippen LogP contribution in [0.1, 0.15) is 12.5 Å².